The third-order valence-electron chi connectivity index (χ3n) is 5.08. The first-order valence-electron chi connectivity index (χ1n) is 8.34. The minimum Gasteiger partial charge on any atom is -0.330 e. The summed E-state index contributed by atoms with van der Waals surface area (Å²) >= 11 is 0. The van der Waals surface area contributed by atoms with Gasteiger partial charge in [0, 0.05) is 13.1 Å². The highest BCUT2D eigenvalue weighted by molar-refractivity contribution is 5.75. The molecule has 2 atom stereocenters. The molecule has 0 bridgehead atoms. The molecule has 2 aromatic rings. The van der Waals surface area contributed by atoms with Gasteiger partial charge in [-0.05, 0) is 44.7 Å². The minimum absolute atomic E-state index is 0.291. The number of imidazole rings is 1. The van der Waals surface area contributed by atoms with Gasteiger partial charge in [0.2, 0.25) is 0 Å². The maximum absolute atomic E-state index is 4.81. The van der Waals surface area contributed by atoms with Crippen LogP contribution in [0.2, 0.25) is 0 Å². The van der Waals surface area contributed by atoms with E-state index in [-0.39, 0.29) is 0 Å². The topological polar surface area (TPSA) is 29.9 Å². The third-order valence-corrected chi connectivity index (χ3v) is 5.08. The number of nitrogens with one attached hydrogen (secondary N) is 1. The molecule has 1 aliphatic rings. The van der Waals surface area contributed by atoms with Crippen molar-refractivity contribution in [1.29, 1.82) is 0 Å². The lowest BCUT2D eigenvalue weighted by molar-refractivity contribution is 0.265. The number of aryl methyl sites for hydroxylation is 1. The highest BCUT2D eigenvalue weighted by atomic mass is 15.1. The summed E-state index contributed by atoms with van der Waals surface area (Å²) in [5.41, 5.74) is 2.31. The van der Waals surface area contributed by atoms with Gasteiger partial charge in [0.25, 0.3) is 0 Å². The standard InChI is InChI=1S/C18H27N3/c1-13(15-9-5-4-6-10-15)19-14(2)18-20-16-11-7-8-12-17(16)21(18)3/h7-8,11-15,19H,4-6,9-10H2,1-3H3. The molecule has 0 spiro atoms. The van der Waals surface area contributed by atoms with Crippen LogP contribution in [0.4, 0.5) is 0 Å². The molecule has 1 saturated carbocycles. The van der Waals surface area contributed by atoms with Crippen LogP contribution >= 0.6 is 0 Å². The lowest BCUT2D eigenvalue weighted by atomic mass is 9.84. The Morgan fingerprint density at radius 3 is 2.57 bits per heavy atom. The molecule has 1 aromatic carbocycles. The van der Waals surface area contributed by atoms with E-state index in [0.29, 0.717) is 12.1 Å². The SMILES string of the molecule is CC(NC(C)C1CCCCC1)c1nc2ccccc2n1C. The van der Waals surface area contributed by atoms with Gasteiger partial charge in [-0.25, -0.2) is 4.98 Å². The summed E-state index contributed by atoms with van der Waals surface area (Å²) < 4.78 is 2.22. The lowest BCUT2D eigenvalue weighted by Gasteiger charge is -2.30. The maximum Gasteiger partial charge on any atom is 0.126 e. The van der Waals surface area contributed by atoms with Gasteiger partial charge in [-0.1, -0.05) is 31.4 Å². The molecule has 1 aromatic heterocycles. The average molecular weight is 285 g/mol. The van der Waals surface area contributed by atoms with Crippen LogP contribution in [0, 0.1) is 5.92 Å². The Bertz CT molecular complexity index is 596. The van der Waals surface area contributed by atoms with Crippen molar-refractivity contribution in [3.8, 4) is 0 Å². The largest absolute Gasteiger partial charge is 0.330 e. The third kappa shape index (κ3) is 2.98. The van der Waals surface area contributed by atoms with Crippen LogP contribution in [0.5, 0.6) is 0 Å². The smallest absolute Gasteiger partial charge is 0.126 e. The first kappa shape index (κ1) is 14.6. The normalized spacial score (nSPS) is 19.8. The average Bonchev–Trinajstić information content (AvgIpc) is 2.86. The van der Waals surface area contributed by atoms with Gasteiger partial charge < -0.3 is 9.88 Å². The highest BCUT2D eigenvalue weighted by Crippen LogP contribution is 2.28. The second-order valence-electron chi connectivity index (χ2n) is 6.59. The number of nitrogens with zero attached hydrogens (tertiary/aromatic N) is 2. The molecule has 1 aliphatic carbocycles. The Balaban J connectivity index is 1.74. The molecule has 0 radical (unpaired) electrons. The van der Waals surface area contributed by atoms with E-state index in [2.05, 4.69) is 55.0 Å². The van der Waals surface area contributed by atoms with Gasteiger partial charge in [0.1, 0.15) is 5.82 Å². The number of fused-ring (bicyclic) bond motifs is 1. The molecule has 0 saturated heterocycles. The predicted octanol–water partition coefficient (Wildman–Crippen LogP) is 4.19. The summed E-state index contributed by atoms with van der Waals surface area (Å²) in [6.45, 7) is 4.58. The first-order valence-corrected chi connectivity index (χ1v) is 8.34. The van der Waals surface area contributed by atoms with Crippen LogP contribution in [0.1, 0.15) is 57.8 Å². The van der Waals surface area contributed by atoms with Crippen molar-refractivity contribution in [3.05, 3.63) is 30.1 Å². The number of rotatable bonds is 4. The Morgan fingerprint density at radius 1 is 1.14 bits per heavy atom. The van der Waals surface area contributed by atoms with E-state index >= 15 is 0 Å². The predicted molar refractivity (Wildman–Crippen MR) is 88.3 cm³/mol. The monoisotopic (exact) mass is 285 g/mol. The maximum atomic E-state index is 4.81. The minimum atomic E-state index is 0.291. The number of hydrogen-bond donors (Lipinski definition) is 1. The van der Waals surface area contributed by atoms with Gasteiger partial charge in [-0.15, -0.1) is 0 Å². The van der Waals surface area contributed by atoms with E-state index in [1.54, 1.807) is 0 Å². The highest BCUT2D eigenvalue weighted by Gasteiger charge is 2.23. The van der Waals surface area contributed by atoms with E-state index < -0.39 is 0 Å². The Labute approximate surface area is 127 Å². The Kier molecular flexibility index (Phi) is 4.29. The van der Waals surface area contributed by atoms with Crippen molar-refractivity contribution in [2.24, 2.45) is 13.0 Å². The van der Waals surface area contributed by atoms with E-state index in [1.165, 1.54) is 37.6 Å². The summed E-state index contributed by atoms with van der Waals surface area (Å²) in [5, 5.41) is 3.78. The van der Waals surface area contributed by atoms with Crippen LogP contribution < -0.4 is 5.32 Å². The molecule has 1 heterocycles. The second-order valence-corrected chi connectivity index (χ2v) is 6.59. The fourth-order valence-corrected chi connectivity index (χ4v) is 3.79. The summed E-state index contributed by atoms with van der Waals surface area (Å²) in [5.74, 6) is 1.97. The fourth-order valence-electron chi connectivity index (χ4n) is 3.79. The Hall–Kier alpha value is -1.35. The van der Waals surface area contributed by atoms with Crippen LogP contribution in [-0.2, 0) is 7.05 Å². The zero-order chi connectivity index (χ0) is 14.8. The molecular weight excluding hydrogens is 258 g/mol. The van der Waals surface area contributed by atoms with Crippen LogP contribution in [-0.4, -0.2) is 15.6 Å². The summed E-state index contributed by atoms with van der Waals surface area (Å²) in [6.07, 6.45) is 6.98. The van der Waals surface area contributed by atoms with Crippen molar-refractivity contribution >= 4 is 11.0 Å². The van der Waals surface area contributed by atoms with E-state index in [1.807, 2.05) is 0 Å². The molecule has 21 heavy (non-hydrogen) atoms. The van der Waals surface area contributed by atoms with Crippen molar-refractivity contribution in [2.75, 3.05) is 0 Å². The number of benzene rings is 1. The number of para-hydroxylation sites is 2. The lowest BCUT2D eigenvalue weighted by Crippen LogP contribution is -2.37. The quantitative estimate of drug-likeness (QED) is 0.912. The van der Waals surface area contributed by atoms with Crippen LogP contribution in [0.3, 0.4) is 0 Å². The van der Waals surface area contributed by atoms with E-state index in [9.17, 15) is 0 Å². The molecular formula is C18H27N3. The van der Waals surface area contributed by atoms with Gasteiger partial charge in [-0.2, -0.15) is 0 Å². The number of hydrogen-bond acceptors (Lipinski definition) is 2. The molecule has 0 amide bonds. The van der Waals surface area contributed by atoms with E-state index in [4.69, 9.17) is 4.98 Å². The molecule has 2 unspecified atom stereocenters. The van der Waals surface area contributed by atoms with Crippen molar-refractivity contribution < 1.29 is 0 Å². The fraction of sp³-hybridized carbons (Fsp3) is 0.611. The van der Waals surface area contributed by atoms with E-state index in [0.717, 1.165) is 17.3 Å². The molecule has 1 N–H and O–H groups in total. The van der Waals surface area contributed by atoms with Gasteiger partial charge in [0.15, 0.2) is 0 Å². The van der Waals surface area contributed by atoms with Gasteiger partial charge in [-0.3, -0.25) is 0 Å². The summed E-state index contributed by atoms with van der Waals surface area (Å²) in [4.78, 5) is 4.81. The molecule has 0 aliphatic heterocycles. The summed E-state index contributed by atoms with van der Waals surface area (Å²) in [6, 6.07) is 9.23. The molecule has 114 valence electrons. The van der Waals surface area contributed by atoms with Crippen molar-refractivity contribution in [2.45, 2.75) is 58.0 Å². The van der Waals surface area contributed by atoms with Gasteiger partial charge in [0.05, 0.1) is 17.1 Å². The van der Waals surface area contributed by atoms with Crippen molar-refractivity contribution in [3.63, 3.8) is 0 Å². The summed E-state index contributed by atoms with van der Waals surface area (Å²) in [7, 11) is 2.12. The second kappa shape index (κ2) is 6.18. The van der Waals surface area contributed by atoms with Crippen LogP contribution in [0.25, 0.3) is 11.0 Å². The number of aromatic nitrogens is 2. The first-order chi connectivity index (χ1) is 10.2. The van der Waals surface area contributed by atoms with Gasteiger partial charge >= 0.3 is 0 Å². The molecule has 3 heteroatoms. The Morgan fingerprint density at radius 2 is 1.86 bits per heavy atom. The molecule has 3 rings (SSSR count). The molecule has 3 nitrogen and oxygen atoms in total. The molecule has 1 fully saturated rings. The zero-order valence-electron chi connectivity index (χ0n) is 13.5. The van der Waals surface area contributed by atoms with Crippen molar-refractivity contribution in [1.82, 2.24) is 14.9 Å². The zero-order valence-corrected chi connectivity index (χ0v) is 13.5. The van der Waals surface area contributed by atoms with Crippen LogP contribution in [0.15, 0.2) is 24.3 Å².